The summed E-state index contributed by atoms with van der Waals surface area (Å²) in [6.07, 6.45) is 1.80. The molecule has 1 aliphatic heterocycles. The van der Waals surface area contributed by atoms with Crippen LogP contribution in [0.3, 0.4) is 0 Å². The number of hydrogen-bond acceptors (Lipinski definition) is 3. The van der Waals surface area contributed by atoms with E-state index in [4.69, 9.17) is 0 Å². The average Bonchev–Trinajstić information content (AvgIpc) is 2.48. The molecule has 0 saturated carbocycles. The minimum atomic E-state index is -3.30. The summed E-state index contributed by atoms with van der Waals surface area (Å²) in [7, 11) is -3.30. The highest BCUT2D eigenvalue weighted by Gasteiger charge is 2.27. The number of rotatable bonds is 6. The molecule has 1 aromatic carbocycles. The SMILES string of the molecule is CCNCC1CCN(S(=O)(=O)Cc2ccc(F)cc2)CC1.Cl. The number of benzene rings is 1. The zero-order valence-electron chi connectivity index (χ0n) is 12.8. The second-order valence-corrected chi connectivity index (χ2v) is 7.50. The molecule has 1 fully saturated rings. The van der Waals surface area contributed by atoms with Crippen molar-refractivity contribution in [3.05, 3.63) is 35.6 Å². The first-order valence-electron chi connectivity index (χ1n) is 7.44. The van der Waals surface area contributed by atoms with Crippen molar-refractivity contribution in [3.63, 3.8) is 0 Å². The van der Waals surface area contributed by atoms with E-state index in [1.54, 1.807) is 4.31 Å². The van der Waals surface area contributed by atoms with E-state index in [-0.39, 0.29) is 24.0 Å². The van der Waals surface area contributed by atoms with E-state index < -0.39 is 10.0 Å². The molecule has 1 aromatic rings. The molecule has 1 aliphatic rings. The molecule has 0 radical (unpaired) electrons. The van der Waals surface area contributed by atoms with Crippen LogP contribution in [0.15, 0.2) is 24.3 Å². The molecule has 1 saturated heterocycles. The summed E-state index contributed by atoms with van der Waals surface area (Å²) in [5, 5.41) is 3.31. The van der Waals surface area contributed by atoms with Crippen LogP contribution in [0.2, 0.25) is 0 Å². The Balaban J connectivity index is 0.00000242. The highest BCUT2D eigenvalue weighted by Crippen LogP contribution is 2.21. The van der Waals surface area contributed by atoms with Gasteiger partial charge in [0.15, 0.2) is 0 Å². The third-order valence-corrected chi connectivity index (χ3v) is 5.76. The Morgan fingerprint density at radius 1 is 1.23 bits per heavy atom. The van der Waals surface area contributed by atoms with E-state index >= 15 is 0 Å². The van der Waals surface area contributed by atoms with E-state index in [1.807, 2.05) is 0 Å². The van der Waals surface area contributed by atoms with Crippen LogP contribution in [0.25, 0.3) is 0 Å². The molecule has 0 aromatic heterocycles. The zero-order valence-corrected chi connectivity index (χ0v) is 14.4. The Morgan fingerprint density at radius 3 is 2.36 bits per heavy atom. The minimum Gasteiger partial charge on any atom is -0.317 e. The number of hydrogen-bond donors (Lipinski definition) is 1. The van der Waals surface area contributed by atoms with Crippen molar-refractivity contribution in [1.82, 2.24) is 9.62 Å². The molecular formula is C15H24ClFN2O2S. The largest absolute Gasteiger partial charge is 0.317 e. The smallest absolute Gasteiger partial charge is 0.218 e. The first-order chi connectivity index (χ1) is 10.0. The summed E-state index contributed by atoms with van der Waals surface area (Å²) in [5.74, 6) is 0.160. The van der Waals surface area contributed by atoms with Crippen LogP contribution in [0.5, 0.6) is 0 Å². The number of nitrogens with one attached hydrogen (secondary N) is 1. The second-order valence-electron chi connectivity index (χ2n) is 5.53. The van der Waals surface area contributed by atoms with E-state index in [1.165, 1.54) is 24.3 Å². The van der Waals surface area contributed by atoms with Crippen LogP contribution in [-0.4, -0.2) is 38.9 Å². The summed E-state index contributed by atoms with van der Waals surface area (Å²) in [5.41, 5.74) is 0.631. The summed E-state index contributed by atoms with van der Waals surface area (Å²) >= 11 is 0. The fraction of sp³-hybridized carbons (Fsp3) is 0.600. The quantitative estimate of drug-likeness (QED) is 0.857. The zero-order chi connectivity index (χ0) is 15.3. The Kier molecular flexibility index (Phi) is 7.76. The van der Waals surface area contributed by atoms with E-state index in [0.717, 1.165) is 25.9 Å². The van der Waals surface area contributed by atoms with Crippen molar-refractivity contribution < 1.29 is 12.8 Å². The van der Waals surface area contributed by atoms with Gasteiger partial charge in [0.05, 0.1) is 5.75 Å². The minimum absolute atomic E-state index is 0. The van der Waals surface area contributed by atoms with Crippen molar-refractivity contribution in [2.24, 2.45) is 5.92 Å². The Morgan fingerprint density at radius 2 is 1.82 bits per heavy atom. The molecule has 0 unspecified atom stereocenters. The van der Waals surface area contributed by atoms with Gasteiger partial charge in [0.1, 0.15) is 5.82 Å². The van der Waals surface area contributed by atoms with Crippen LogP contribution in [0.1, 0.15) is 25.3 Å². The number of piperidine rings is 1. The highest BCUT2D eigenvalue weighted by molar-refractivity contribution is 7.88. The lowest BCUT2D eigenvalue weighted by molar-refractivity contribution is 0.268. The summed E-state index contributed by atoms with van der Waals surface area (Å²) in [6.45, 7) is 5.15. The maximum Gasteiger partial charge on any atom is 0.218 e. The Labute approximate surface area is 138 Å². The standard InChI is InChI=1S/C15H23FN2O2S.ClH/c1-2-17-11-13-7-9-18(10-8-13)21(19,20)12-14-3-5-15(16)6-4-14;/h3-6,13,17H,2,7-12H2,1H3;1H. The predicted molar refractivity (Wildman–Crippen MR) is 89.1 cm³/mol. The van der Waals surface area contributed by atoms with Crippen LogP contribution in [0.4, 0.5) is 4.39 Å². The molecule has 0 aliphatic carbocycles. The van der Waals surface area contributed by atoms with Crippen LogP contribution in [0, 0.1) is 11.7 Å². The summed E-state index contributed by atoms with van der Waals surface area (Å²) in [6, 6.07) is 5.66. The van der Waals surface area contributed by atoms with Gasteiger partial charge in [-0.3, -0.25) is 0 Å². The lowest BCUT2D eigenvalue weighted by Crippen LogP contribution is -2.41. The lowest BCUT2D eigenvalue weighted by atomic mass is 9.98. The van der Waals surface area contributed by atoms with Gasteiger partial charge >= 0.3 is 0 Å². The van der Waals surface area contributed by atoms with Crippen molar-refractivity contribution in [1.29, 1.82) is 0 Å². The van der Waals surface area contributed by atoms with Crippen molar-refractivity contribution in [2.75, 3.05) is 26.2 Å². The molecule has 0 bridgehead atoms. The molecule has 0 atom stereocenters. The van der Waals surface area contributed by atoms with Gasteiger partial charge in [0.25, 0.3) is 0 Å². The molecule has 7 heteroatoms. The van der Waals surface area contributed by atoms with Gasteiger partial charge in [0.2, 0.25) is 10.0 Å². The number of nitrogens with zero attached hydrogens (tertiary/aromatic N) is 1. The third kappa shape index (κ3) is 5.50. The molecule has 2 rings (SSSR count). The Hall–Kier alpha value is -0.690. The lowest BCUT2D eigenvalue weighted by Gasteiger charge is -2.31. The Bertz CT molecular complexity index is 543. The molecule has 4 nitrogen and oxygen atoms in total. The molecule has 126 valence electrons. The highest BCUT2D eigenvalue weighted by atomic mass is 35.5. The molecule has 0 spiro atoms. The summed E-state index contributed by atoms with van der Waals surface area (Å²) < 4.78 is 39.2. The van der Waals surface area contributed by atoms with Gasteiger partial charge in [-0.05, 0) is 49.5 Å². The normalized spacial score (nSPS) is 17.2. The maximum absolute atomic E-state index is 12.9. The van der Waals surface area contributed by atoms with Crippen molar-refractivity contribution in [3.8, 4) is 0 Å². The molecule has 1 heterocycles. The van der Waals surface area contributed by atoms with E-state index in [2.05, 4.69) is 12.2 Å². The monoisotopic (exact) mass is 350 g/mol. The van der Waals surface area contributed by atoms with Gasteiger partial charge in [-0.25, -0.2) is 17.1 Å². The summed E-state index contributed by atoms with van der Waals surface area (Å²) in [4.78, 5) is 0. The fourth-order valence-electron chi connectivity index (χ4n) is 2.62. The van der Waals surface area contributed by atoms with Crippen LogP contribution < -0.4 is 5.32 Å². The van der Waals surface area contributed by atoms with Gasteiger partial charge in [-0.2, -0.15) is 0 Å². The molecule has 22 heavy (non-hydrogen) atoms. The predicted octanol–water partition coefficient (Wildman–Crippen LogP) is 2.40. The topological polar surface area (TPSA) is 49.4 Å². The fourth-order valence-corrected chi connectivity index (χ4v) is 4.19. The van der Waals surface area contributed by atoms with Gasteiger partial charge < -0.3 is 5.32 Å². The van der Waals surface area contributed by atoms with Crippen molar-refractivity contribution in [2.45, 2.75) is 25.5 Å². The first-order valence-corrected chi connectivity index (χ1v) is 9.05. The molecule has 1 N–H and O–H groups in total. The number of halogens is 2. The molecule has 0 amide bonds. The third-order valence-electron chi connectivity index (χ3n) is 3.91. The van der Waals surface area contributed by atoms with Crippen LogP contribution in [-0.2, 0) is 15.8 Å². The van der Waals surface area contributed by atoms with Gasteiger partial charge in [-0.1, -0.05) is 19.1 Å². The number of sulfonamides is 1. The van der Waals surface area contributed by atoms with Crippen LogP contribution >= 0.6 is 12.4 Å². The maximum atomic E-state index is 12.9. The van der Waals surface area contributed by atoms with E-state index in [9.17, 15) is 12.8 Å². The van der Waals surface area contributed by atoms with Gasteiger partial charge in [0, 0.05) is 13.1 Å². The van der Waals surface area contributed by atoms with Gasteiger partial charge in [-0.15, -0.1) is 12.4 Å². The first kappa shape index (κ1) is 19.4. The second kappa shape index (κ2) is 8.82. The van der Waals surface area contributed by atoms with E-state index in [0.29, 0.717) is 24.6 Å². The average molecular weight is 351 g/mol. The molecular weight excluding hydrogens is 327 g/mol. The van der Waals surface area contributed by atoms with Crippen molar-refractivity contribution >= 4 is 22.4 Å².